The monoisotopic (exact) mass is 394 g/mol. The van der Waals surface area contributed by atoms with Crippen LogP contribution >= 0.6 is 11.6 Å². The number of aromatic carboxylic acids is 1. The van der Waals surface area contributed by atoms with Gasteiger partial charge in [-0.3, -0.25) is 4.79 Å². The minimum atomic E-state index is -1.08. The Morgan fingerprint density at radius 2 is 1.57 bits per heavy atom. The lowest BCUT2D eigenvalue weighted by molar-refractivity contribution is -0.117. The number of hydrogen-bond donors (Lipinski definition) is 2. The average molecular weight is 395 g/mol. The smallest absolute Gasteiger partial charge is 0.335 e. The molecule has 142 valence electrons. The van der Waals surface area contributed by atoms with Gasteiger partial charge in [0.1, 0.15) is 5.78 Å². The molecule has 3 aromatic rings. The summed E-state index contributed by atoms with van der Waals surface area (Å²) in [6.07, 6.45) is 0.214. The Morgan fingerprint density at radius 1 is 0.821 bits per heavy atom. The molecular formula is C23H19ClO4. The maximum absolute atomic E-state index is 12.5. The Hall–Kier alpha value is -2.95. The number of carboxylic acids is 1. The number of aliphatic hydroxyl groups excluding tert-OH is 1. The highest BCUT2D eigenvalue weighted by atomic mass is 35.5. The van der Waals surface area contributed by atoms with Crippen molar-refractivity contribution < 1.29 is 19.8 Å². The van der Waals surface area contributed by atoms with Gasteiger partial charge in [0.2, 0.25) is 0 Å². The molecule has 3 aromatic carbocycles. The number of aliphatic hydroxyl groups is 1. The van der Waals surface area contributed by atoms with Gasteiger partial charge in [-0.2, -0.15) is 0 Å². The predicted octanol–water partition coefficient (Wildman–Crippen LogP) is 4.55. The topological polar surface area (TPSA) is 74.6 Å². The second kappa shape index (κ2) is 8.83. The van der Waals surface area contributed by atoms with Crippen LogP contribution in [0.15, 0.2) is 66.7 Å². The van der Waals surface area contributed by atoms with Crippen molar-refractivity contribution in [2.75, 3.05) is 0 Å². The van der Waals surface area contributed by atoms with Gasteiger partial charge in [-0.15, -0.1) is 0 Å². The van der Waals surface area contributed by atoms with Gasteiger partial charge in [-0.05, 0) is 46.0 Å². The van der Waals surface area contributed by atoms with Gasteiger partial charge in [0, 0.05) is 17.9 Å². The van der Waals surface area contributed by atoms with Crippen LogP contribution in [-0.2, 0) is 24.2 Å². The fourth-order valence-electron chi connectivity index (χ4n) is 3.08. The number of benzene rings is 3. The van der Waals surface area contributed by atoms with E-state index >= 15 is 0 Å². The van der Waals surface area contributed by atoms with Crippen LogP contribution in [-0.4, -0.2) is 22.0 Å². The Kier molecular flexibility index (Phi) is 6.24. The Bertz CT molecular complexity index is 1010. The molecule has 0 atom stereocenters. The number of ketones is 1. The standard InChI is InChI=1S/C23H19ClO4/c24-20-8-9-22(23(27)28)19(12-20)13-21(26)11-16-2-1-3-18(10-16)17-6-4-15(14-25)5-7-17/h1-10,12,25H,11,13-14H2,(H,27,28). The summed E-state index contributed by atoms with van der Waals surface area (Å²) >= 11 is 5.96. The first-order chi connectivity index (χ1) is 13.5. The van der Waals surface area contributed by atoms with E-state index in [0.29, 0.717) is 10.6 Å². The molecule has 2 N–H and O–H groups in total. The molecule has 3 rings (SSSR count). The van der Waals surface area contributed by atoms with Crippen LogP contribution in [0.1, 0.15) is 27.0 Å². The molecule has 0 spiro atoms. The average Bonchev–Trinajstić information content (AvgIpc) is 2.68. The van der Waals surface area contributed by atoms with Crippen molar-refractivity contribution >= 4 is 23.4 Å². The number of halogens is 1. The van der Waals surface area contributed by atoms with Crippen LogP contribution < -0.4 is 0 Å². The second-order valence-electron chi connectivity index (χ2n) is 6.55. The number of rotatable bonds is 7. The zero-order chi connectivity index (χ0) is 20.1. The molecule has 0 unspecified atom stereocenters. The van der Waals surface area contributed by atoms with Gasteiger partial charge < -0.3 is 10.2 Å². The van der Waals surface area contributed by atoms with E-state index in [2.05, 4.69) is 0 Å². The van der Waals surface area contributed by atoms with Crippen molar-refractivity contribution in [1.29, 1.82) is 0 Å². The summed E-state index contributed by atoms with van der Waals surface area (Å²) in [5, 5.41) is 18.8. The normalized spacial score (nSPS) is 10.6. The minimum absolute atomic E-state index is 0.00332. The van der Waals surface area contributed by atoms with Crippen molar-refractivity contribution in [3.8, 4) is 11.1 Å². The molecule has 0 aromatic heterocycles. The molecule has 0 heterocycles. The summed E-state index contributed by atoms with van der Waals surface area (Å²) < 4.78 is 0. The minimum Gasteiger partial charge on any atom is -0.478 e. The molecule has 4 nitrogen and oxygen atoms in total. The molecule has 0 saturated heterocycles. The van der Waals surface area contributed by atoms with E-state index in [0.717, 1.165) is 22.3 Å². The Labute approximate surface area is 168 Å². The summed E-state index contributed by atoms with van der Waals surface area (Å²) in [6.45, 7) is -0.00332. The van der Waals surface area contributed by atoms with Gasteiger partial charge in [0.05, 0.1) is 12.2 Å². The van der Waals surface area contributed by atoms with E-state index in [9.17, 15) is 14.7 Å². The Morgan fingerprint density at radius 3 is 2.25 bits per heavy atom. The molecule has 0 aliphatic heterocycles. The van der Waals surface area contributed by atoms with Crippen LogP contribution in [0, 0.1) is 0 Å². The van der Waals surface area contributed by atoms with E-state index in [4.69, 9.17) is 16.7 Å². The Balaban J connectivity index is 1.76. The maximum atomic E-state index is 12.5. The van der Waals surface area contributed by atoms with Gasteiger partial charge >= 0.3 is 5.97 Å². The lowest BCUT2D eigenvalue weighted by Crippen LogP contribution is -2.11. The summed E-state index contributed by atoms with van der Waals surface area (Å²) in [7, 11) is 0. The summed E-state index contributed by atoms with van der Waals surface area (Å²) in [5.74, 6) is -1.16. The van der Waals surface area contributed by atoms with Crippen molar-refractivity contribution in [2.24, 2.45) is 0 Å². The SMILES string of the molecule is O=C(Cc1cccc(-c2ccc(CO)cc2)c1)Cc1cc(Cl)ccc1C(=O)O. The maximum Gasteiger partial charge on any atom is 0.335 e. The van der Waals surface area contributed by atoms with E-state index in [-0.39, 0.29) is 30.8 Å². The van der Waals surface area contributed by atoms with E-state index in [1.165, 1.54) is 18.2 Å². The zero-order valence-electron chi connectivity index (χ0n) is 15.1. The molecule has 0 fully saturated rings. The second-order valence-corrected chi connectivity index (χ2v) is 6.99. The summed E-state index contributed by atoms with van der Waals surface area (Å²) in [4.78, 5) is 23.9. The summed E-state index contributed by atoms with van der Waals surface area (Å²) in [5.41, 5.74) is 4.17. The highest BCUT2D eigenvalue weighted by Crippen LogP contribution is 2.22. The fourth-order valence-corrected chi connectivity index (χ4v) is 3.28. The molecule has 0 saturated carbocycles. The highest BCUT2D eigenvalue weighted by molar-refractivity contribution is 6.30. The lowest BCUT2D eigenvalue weighted by atomic mass is 9.96. The number of hydrogen-bond acceptors (Lipinski definition) is 3. The zero-order valence-corrected chi connectivity index (χ0v) is 15.8. The first-order valence-electron chi connectivity index (χ1n) is 8.79. The van der Waals surface area contributed by atoms with Crippen molar-refractivity contribution in [3.63, 3.8) is 0 Å². The fraction of sp³-hybridized carbons (Fsp3) is 0.130. The third-order valence-electron chi connectivity index (χ3n) is 4.48. The van der Waals surface area contributed by atoms with Gasteiger partial charge in [-0.1, -0.05) is 60.1 Å². The van der Waals surface area contributed by atoms with Crippen molar-refractivity contribution in [3.05, 3.63) is 94.0 Å². The van der Waals surface area contributed by atoms with Crippen LogP contribution in [0.5, 0.6) is 0 Å². The number of carbonyl (C=O) groups is 2. The number of carbonyl (C=O) groups excluding carboxylic acids is 1. The first-order valence-corrected chi connectivity index (χ1v) is 9.16. The van der Waals surface area contributed by atoms with Gasteiger partial charge in [-0.25, -0.2) is 4.79 Å². The highest BCUT2D eigenvalue weighted by Gasteiger charge is 2.14. The molecule has 5 heteroatoms. The molecule has 0 aliphatic rings. The summed E-state index contributed by atoms with van der Waals surface area (Å²) in [6, 6.07) is 19.7. The molecule has 0 aliphatic carbocycles. The van der Waals surface area contributed by atoms with Crippen LogP contribution in [0.2, 0.25) is 5.02 Å². The van der Waals surface area contributed by atoms with Crippen LogP contribution in [0.25, 0.3) is 11.1 Å². The van der Waals surface area contributed by atoms with Crippen molar-refractivity contribution in [1.82, 2.24) is 0 Å². The van der Waals surface area contributed by atoms with E-state index in [1.54, 1.807) is 0 Å². The number of carboxylic acid groups (broad SMARTS) is 1. The van der Waals surface area contributed by atoms with Gasteiger partial charge in [0.25, 0.3) is 0 Å². The van der Waals surface area contributed by atoms with Gasteiger partial charge in [0.15, 0.2) is 0 Å². The molecule has 0 bridgehead atoms. The third kappa shape index (κ3) is 4.85. The van der Waals surface area contributed by atoms with Crippen molar-refractivity contribution in [2.45, 2.75) is 19.4 Å². The third-order valence-corrected chi connectivity index (χ3v) is 4.72. The van der Waals surface area contributed by atoms with Crippen LogP contribution in [0.4, 0.5) is 0 Å². The molecule has 0 radical (unpaired) electrons. The lowest BCUT2D eigenvalue weighted by Gasteiger charge is -2.08. The predicted molar refractivity (Wildman–Crippen MR) is 109 cm³/mol. The molecular weight excluding hydrogens is 376 g/mol. The molecule has 0 amide bonds. The van der Waals surface area contributed by atoms with E-state index < -0.39 is 5.97 Å². The first kappa shape index (κ1) is 19.8. The quantitative estimate of drug-likeness (QED) is 0.616. The molecule has 28 heavy (non-hydrogen) atoms. The van der Waals surface area contributed by atoms with Crippen LogP contribution in [0.3, 0.4) is 0 Å². The van der Waals surface area contributed by atoms with E-state index in [1.807, 2.05) is 48.5 Å². The largest absolute Gasteiger partial charge is 0.478 e. The number of Topliss-reactive ketones (excluding diaryl/α,β-unsaturated/α-hetero) is 1.